The molecule has 3 aliphatic rings. The summed E-state index contributed by atoms with van der Waals surface area (Å²) >= 11 is 0. The van der Waals surface area contributed by atoms with Gasteiger partial charge >= 0.3 is 0 Å². The fraction of sp³-hybridized carbons (Fsp3) is 0.682. The Morgan fingerprint density at radius 3 is 2.46 bits per heavy atom. The first kappa shape index (κ1) is 19.5. The number of amides is 1. The fourth-order valence-electron chi connectivity index (χ4n) is 4.72. The molecular weight excluding hydrogens is 352 g/mol. The van der Waals surface area contributed by atoms with Crippen LogP contribution in [0.1, 0.15) is 48.9 Å². The van der Waals surface area contributed by atoms with Crippen LogP contribution >= 0.6 is 0 Å². The number of hydrogen-bond donors (Lipinski definition) is 2. The lowest BCUT2D eigenvalue weighted by Crippen LogP contribution is -2.52. The minimum absolute atomic E-state index is 0.0611. The summed E-state index contributed by atoms with van der Waals surface area (Å²) in [6.45, 7) is 6.18. The third-order valence-corrected chi connectivity index (χ3v) is 6.64. The Balaban J connectivity index is 1.22. The van der Waals surface area contributed by atoms with Crippen molar-refractivity contribution in [3.63, 3.8) is 0 Å². The second kappa shape index (κ2) is 8.70. The van der Waals surface area contributed by atoms with Crippen LogP contribution in [0.3, 0.4) is 0 Å². The van der Waals surface area contributed by atoms with Gasteiger partial charge in [-0.15, -0.1) is 0 Å². The van der Waals surface area contributed by atoms with Crippen molar-refractivity contribution in [1.82, 2.24) is 15.1 Å². The van der Waals surface area contributed by atoms with Crippen LogP contribution < -0.4 is 15.8 Å². The first-order chi connectivity index (χ1) is 13.6. The lowest BCUT2D eigenvalue weighted by atomic mass is 9.89. The van der Waals surface area contributed by atoms with E-state index in [4.69, 9.17) is 10.5 Å². The SMILES string of the molecule is COc1cc(N)ccc1C(=O)NC1CCC(N2CCN(CC3CC3)CC2)CC1. The highest BCUT2D eigenvalue weighted by atomic mass is 16.5. The van der Waals surface area contributed by atoms with Crippen molar-refractivity contribution in [2.75, 3.05) is 45.6 Å². The molecule has 1 aromatic carbocycles. The van der Waals surface area contributed by atoms with Gasteiger partial charge in [0.1, 0.15) is 5.75 Å². The summed E-state index contributed by atoms with van der Waals surface area (Å²) in [7, 11) is 1.57. The van der Waals surface area contributed by atoms with Crippen LogP contribution in [0.15, 0.2) is 18.2 Å². The fourth-order valence-corrected chi connectivity index (χ4v) is 4.72. The minimum atomic E-state index is -0.0611. The van der Waals surface area contributed by atoms with E-state index in [1.54, 1.807) is 25.3 Å². The van der Waals surface area contributed by atoms with Crippen molar-refractivity contribution < 1.29 is 9.53 Å². The van der Waals surface area contributed by atoms with E-state index in [0.717, 1.165) is 18.8 Å². The predicted molar refractivity (Wildman–Crippen MR) is 112 cm³/mol. The van der Waals surface area contributed by atoms with Gasteiger partial charge in [0.25, 0.3) is 5.91 Å². The summed E-state index contributed by atoms with van der Waals surface area (Å²) < 4.78 is 5.32. The van der Waals surface area contributed by atoms with Crippen LogP contribution in [-0.4, -0.2) is 67.6 Å². The van der Waals surface area contributed by atoms with Crippen molar-refractivity contribution in [2.24, 2.45) is 5.92 Å². The van der Waals surface area contributed by atoms with Crippen LogP contribution in [0.5, 0.6) is 5.75 Å². The molecule has 6 heteroatoms. The number of nitrogens with one attached hydrogen (secondary N) is 1. The zero-order valence-electron chi connectivity index (χ0n) is 17.0. The Bertz CT molecular complexity index is 675. The van der Waals surface area contributed by atoms with Gasteiger partial charge in [0.2, 0.25) is 0 Å². The molecule has 0 unspecified atom stereocenters. The number of nitrogens with zero attached hydrogens (tertiary/aromatic N) is 2. The summed E-state index contributed by atoms with van der Waals surface area (Å²) in [4.78, 5) is 18.0. The van der Waals surface area contributed by atoms with Crippen LogP contribution in [-0.2, 0) is 0 Å². The second-order valence-corrected chi connectivity index (χ2v) is 8.72. The van der Waals surface area contributed by atoms with E-state index in [2.05, 4.69) is 15.1 Å². The molecule has 154 valence electrons. The average molecular weight is 387 g/mol. The largest absolute Gasteiger partial charge is 0.496 e. The predicted octanol–water partition coefficient (Wildman–Crippen LogP) is 2.35. The van der Waals surface area contributed by atoms with Crippen molar-refractivity contribution in [3.05, 3.63) is 23.8 Å². The van der Waals surface area contributed by atoms with Gasteiger partial charge in [0.15, 0.2) is 0 Å². The maximum Gasteiger partial charge on any atom is 0.255 e. The Kier molecular flexibility index (Phi) is 6.07. The first-order valence-corrected chi connectivity index (χ1v) is 10.8. The number of piperazine rings is 1. The van der Waals surface area contributed by atoms with Crippen LogP contribution in [0.4, 0.5) is 5.69 Å². The number of carbonyl (C=O) groups excluding carboxylic acids is 1. The van der Waals surface area contributed by atoms with E-state index < -0.39 is 0 Å². The molecule has 0 bridgehead atoms. The molecule has 1 heterocycles. The van der Waals surface area contributed by atoms with Crippen molar-refractivity contribution >= 4 is 11.6 Å². The summed E-state index contributed by atoms with van der Waals surface area (Å²) in [6.07, 6.45) is 7.33. The van der Waals surface area contributed by atoms with Gasteiger partial charge in [-0.3, -0.25) is 9.69 Å². The number of nitrogen functional groups attached to an aromatic ring is 1. The molecule has 0 spiro atoms. The molecule has 6 nitrogen and oxygen atoms in total. The zero-order valence-corrected chi connectivity index (χ0v) is 17.0. The number of benzene rings is 1. The summed E-state index contributed by atoms with van der Waals surface area (Å²) in [6, 6.07) is 6.13. The number of ether oxygens (including phenoxy) is 1. The number of nitrogens with two attached hydrogens (primary N) is 1. The topological polar surface area (TPSA) is 70.8 Å². The van der Waals surface area contributed by atoms with E-state index in [-0.39, 0.29) is 11.9 Å². The molecule has 0 radical (unpaired) electrons. The number of anilines is 1. The third kappa shape index (κ3) is 4.78. The van der Waals surface area contributed by atoms with Crippen molar-refractivity contribution in [3.8, 4) is 5.75 Å². The van der Waals surface area contributed by atoms with E-state index in [1.807, 2.05) is 0 Å². The number of hydrogen-bond acceptors (Lipinski definition) is 5. The number of carbonyl (C=O) groups is 1. The summed E-state index contributed by atoms with van der Waals surface area (Å²) in [5, 5.41) is 3.20. The number of methoxy groups -OCH3 is 1. The molecule has 2 saturated carbocycles. The Labute approximate surface area is 168 Å². The van der Waals surface area contributed by atoms with E-state index in [0.29, 0.717) is 23.0 Å². The molecule has 0 atom stereocenters. The smallest absolute Gasteiger partial charge is 0.255 e. The lowest BCUT2D eigenvalue weighted by Gasteiger charge is -2.42. The zero-order chi connectivity index (χ0) is 19.5. The van der Waals surface area contributed by atoms with E-state index >= 15 is 0 Å². The molecule has 3 fully saturated rings. The van der Waals surface area contributed by atoms with Gasteiger partial charge in [-0.1, -0.05) is 0 Å². The molecule has 28 heavy (non-hydrogen) atoms. The van der Waals surface area contributed by atoms with Gasteiger partial charge < -0.3 is 20.7 Å². The van der Waals surface area contributed by atoms with Gasteiger partial charge in [0.05, 0.1) is 12.7 Å². The molecule has 1 aromatic rings. The molecule has 2 aliphatic carbocycles. The Morgan fingerprint density at radius 2 is 1.82 bits per heavy atom. The van der Waals surface area contributed by atoms with E-state index in [9.17, 15) is 4.79 Å². The standard InChI is InChI=1S/C22H34N4O2/c1-28-21-14-17(23)4-9-20(21)22(27)24-18-5-7-19(8-6-18)26-12-10-25(11-13-26)15-16-2-3-16/h4,9,14,16,18-19H,2-3,5-8,10-13,15,23H2,1H3,(H,24,27). The average Bonchev–Trinajstić information content (AvgIpc) is 3.53. The monoisotopic (exact) mass is 386 g/mol. The molecule has 1 aliphatic heterocycles. The van der Waals surface area contributed by atoms with E-state index in [1.165, 1.54) is 58.4 Å². The third-order valence-electron chi connectivity index (χ3n) is 6.64. The Hall–Kier alpha value is -1.79. The van der Waals surface area contributed by atoms with Gasteiger partial charge in [-0.25, -0.2) is 0 Å². The van der Waals surface area contributed by atoms with Crippen LogP contribution in [0, 0.1) is 5.92 Å². The quantitative estimate of drug-likeness (QED) is 0.735. The van der Waals surface area contributed by atoms with Gasteiger partial charge in [-0.2, -0.15) is 0 Å². The van der Waals surface area contributed by atoms with Crippen LogP contribution in [0.2, 0.25) is 0 Å². The molecule has 1 saturated heterocycles. The highest BCUT2D eigenvalue weighted by Gasteiger charge is 2.31. The molecule has 1 amide bonds. The maximum absolute atomic E-state index is 12.7. The second-order valence-electron chi connectivity index (χ2n) is 8.72. The summed E-state index contributed by atoms with van der Waals surface area (Å²) in [5.74, 6) is 1.47. The Morgan fingerprint density at radius 1 is 1.11 bits per heavy atom. The highest BCUT2D eigenvalue weighted by Crippen LogP contribution is 2.31. The van der Waals surface area contributed by atoms with Crippen LogP contribution in [0.25, 0.3) is 0 Å². The maximum atomic E-state index is 12.7. The van der Waals surface area contributed by atoms with Crippen molar-refractivity contribution in [2.45, 2.75) is 50.6 Å². The number of rotatable bonds is 6. The minimum Gasteiger partial charge on any atom is -0.496 e. The molecule has 0 aromatic heterocycles. The molecular formula is C22H34N4O2. The molecule has 4 rings (SSSR count). The normalized spacial score (nSPS) is 26.8. The highest BCUT2D eigenvalue weighted by molar-refractivity contribution is 5.97. The van der Waals surface area contributed by atoms with Crippen molar-refractivity contribution in [1.29, 1.82) is 0 Å². The molecule has 3 N–H and O–H groups in total. The van der Waals surface area contributed by atoms with Gasteiger partial charge in [0, 0.05) is 56.6 Å². The first-order valence-electron chi connectivity index (χ1n) is 10.8. The lowest BCUT2D eigenvalue weighted by molar-refractivity contribution is 0.0694. The van der Waals surface area contributed by atoms with Gasteiger partial charge in [-0.05, 0) is 56.6 Å². The summed E-state index contributed by atoms with van der Waals surface area (Å²) in [5.41, 5.74) is 6.95.